The van der Waals surface area contributed by atoms with E-state index in [1.807, 2.05) is 12.1 Å². The van der Waals surface area contributed by atoms with Crippen molar-refractivity contribution in [3.8, 4) is 0 Å². The van der Waals surface area contributed by atoms with Gasteiger partial charge in [0.1, 0.15) is 11.6 Å². The lowest BCUT2D eigenvalue weighted by atomic mass is 9.99. The molecule has 4 rings (SSSR count). The molecule has 31 heavy (non-hydrogen) atoms. The highest BCUT2D eigenvalue weighted by atomic mass is 19.4. The molecule has 0 aliphatic carbocycles. The number of nitrogens with zero attached hydrogens (tertiary/aromatic N) is 2. The molecule has 3 unspecified atom stereocenters. The predicted octanol–water partition coefficient (Wildman–Crippen LogP) is 5.90. The number of aromatic nitrogens is 2. The molecule has 0 bridgehead atoms. The van der Waals surface area contributed by atoms with Crippen molar-refractivity contribution in [3.05, 3.63) is 65.7 Å². The average Bonchev–Trinajstić information content (AvgIpc) is 3.42. The fourth-order valence-corrected chi connectivity index (χ4v) is 3.69. The second kappa shape index (κ2) is 8.13. The van der Waals surface area contributed by atoms with Gasteiger partial charge in [0.05, 0.1) is 12.3 Å². The third-order valence-corrected chi connectivity index (χ3v) is 5.66. The standard InChI is InChI=1S/C22H23F3N4O2/c1-3-13(2)14-6-8-15(9-7-14)26-21(30)17-12-20-27-16(18-5-4-10-31-18)11-19(22(23,24)25)29(20)28-17/h4-10,12-13,16,19,27H,3,11H2,1-2H3,(H,26,30). The highest BCUT2D eigenvalue weighted by Crippen LogP contribution is 2.43. The third kappa shape index (κ3) is 4.30. The van der Waals surface area contributed by atoms with Gasteiger partial charge in [-0.05, 0) is 42.2 Å². The van der Waals surface area contributed by atoms with Gasteiger partial charge in [-0.2, -0.15) is 18.3 Å². The lowest BCUT2D eigenvalue weighted by Crippen LogP contribution is -2.35. The molecular weight excluding hydrogens is 409 g/mol. The fourth-order valence-electron chi connectivity index (χ4n) is 3.69. The molecule has 0 saturated heterocycles. The van der Waals surface area contributed by atoms with Crippen LogP contribution in [0.5, 0.6) is 0 Å². The van der Waals surface area contributed by atoms with Gasteiger partial charge in [0, 0.05) is 18.2 Å². The van der Waals surface area contributed by atoms with Crippen molar-refractivity contribution >= 4 is 17.4 Å². The van der Waals surface area contributed by atoms with E-state index in [2.05, 4.69) is 29.6 Å². The van der Waals surface area contributed by atoms with E-state index in [9.17, 15) is 18.0 Å². The minimum Gasteiger partial charge on any atom is -0.467 e. The highest BCUT2D eigenvalue weighted by molar-refractivity contribution is 6.03. The predicted molar refractivity (Wildman–Crippen MR) is 110 cm³/mol. The minimum absolute atomic E-state index is 0.0946. The first-order valence-corrected chi connectivity index (χ1v) is 10.1. The number of amides is 1. The SMILES string of the molecule is CCC(C)c1ccc(NC(=O)c2cc3n(n2)C(C(F)(F)F)CC(c2ccco2)N3)cc1. The van der Waals surface area contributed by atoms with Crippen LogP contribution in [0.25, 0.3) is 0 Å². The van der Waals surface area contributed by atoms with Crippen LogP contribution in [0.3, 0.4) is 0 Å². The zero-order valence-electron chi connectivity index (χ0n) is 17.1. The van der Waals surface area contributed by atoms with Crippen molar-refractivity contribution in [2.24, 2.45) is 0 Å². The molecule has 0 fully saturated rings. The summed E-state index contributed by atoms with van der Waals surface area (Å²) in [6.45, 7) is 4.21. The summed E-state index contributed by atoms with van der Waals surface area (Å²) >= 11 is 0. The van der Waals surface area contributed by atoms with Gasteiger partial charge in [-0.1, -0.05) is 26.0 Å². The van der Waals surface area contributed by atoms with E-state index in [0.717, 1.165) is 16.7 Å². The van der Waals surface area contributed by atoms with E-state index in [0.29, 0.717) is 17.4 Å². The van der Waals surface area contributed by atoms with Crippen LogP contribution in [0, 0.1) is 0 Å². The first-order valence-electron chi connectivity index (χ1n) is 10.1. The number of alkyl halides is 3. The van der Waals surface area contributed by atoms with Crippen LogP contribution in [0.2, 0.25) is 0 Å². The van der Waals surface area contributed by atoms with Crippen molar-refractivity contribution in [2.45, 2.75) is 50.9 Å². The number of carbonyl (C=O) groups is 1. The molecule has 6 nitrogen and oxygen atoms in total. The first kappa shape index (κ1) is 21.0. The number of fused-ring (bicyclic) bond motifs is 1. The van der Waals surface area contributed by atoms with Crippen LogP contribution < -0.4 is 10.6 Å². The molecule has 3 heterocycles. The largest absolute Gasteiger partial charge is 0.467 e. The Hall–Kier alpha value is -3.23. The van der Waals surface area contributed by atoms with Gasteiger partial charge in [-0.15, -0.1) is 0 Å². The molecule has 1 aromatic carbocycles. The Morgan fingerprint density at radius 3 is 2.68 bits per heavy atom. The number of anilines is 2. The van der Waals surface area contributed by atoms with Crippen LogP contribution in [0.4, 0.5) is 24.7 Å². The zero-order chi connectivity index (χ0) is 22.2. The van der Waals surface area contributed by atoms with Crippen LogP contribution in [-0.2, 0) is 0 Å². The smallest absolute Gasteiger partial charge is 0.410 e. The van der Waals surface area contributed by atoms with Crippen molar-refractivity contribution in [1.29, 1.82) is 0 Å². The van der Waals surface area contributed by atoms with Gasteiger partial charge in [-0.25, -0.2) is 4.68 Å². The van der Waals surface area contributed by atoms with E-state index in [4.69, 9.17) is 4.42 Å². The molecule has 9 heteroatoms. The topological polar surface area (TPSA) is 72.1 Å². The second-order valence-corrected chi connectivity index (χ2v) is 7.75. The van der Waals surface area contributed by atoms with Crippen molar-refractivity contribution in [1.82, 2.24) is 9.78 Å². The number of halogens is 3. The van der Waals surface area contributed by atoms with Gasteiger partial charge in [0.2, 0.25) is 0 Å². The zero-order valence-corrected chi connectivity index (χ0v) is 17.1. The van der Waals surface area contributed by atoms with Crippen LogP contribution in [-0.4, -0.2) is 21.9 Å². The molecule has 0 radical (unpaired) electrons. The lowest BCUT2D eigenvalue weighted by molar-refractivity contribution is -0.174. The number of nitrogens with one attached hydrogen (secondary N) is 2. The summed E-state index contributed by atoms with van der Waals surface area (Å²) in [7, 11) is 0. The van der Waals surface area contributed by atoms with E-state index in [1.165, 1.54) is 12.3 Å². The Balaban J connectivity index is 1.56. The Labute approximate surface area is 177 Å². The Kier molecular flexibility index (Phi) is 5.51. The van der Waals surface area contributed by atoms with Crippen molar-refractivity contribution in [2.75, 3.05) is 10.6 Å². The molecule has 2 aromatic heterocycles. The average molecular weight is 432 g/mol. The number of benzene rings is 1. The Morgan fingerprint density at radius 2 is 2.06 bits per heavy atom. The molecule has 3 atom stereocenters. The maximum Gasteiger partial charge on any atom is 0.410 e. The van der Waals surface area contributed by atoms with Gasteiger partial charge < -0.3 is 15.1 Å². The summed E-state index contributed by atoms with van der Waals surface area (Å²) in [4.78, 5) is 12.7. The molecule has 0 spiro atoms. The van der Waals surface area contributed by atoms with E-state index >= 15 is 0 Å². The van der Waals surface area contributed by atoms with E-state index in [-0.39, 0.29) is 17.9 Å². The summed E-state index contributed by atoms with van der Waals surface area (Å²) < 4.78 is 47.2. The fraction of sp³-hybridized carbons (Fsp3) is 0.364. The third-order valence-electron chi connectivity index (χ3n) is 5.66. The maximum atomic E-state index is 13.7. The molecule has 0 saturated carbocycles. The number of furan rings is 1. The molecule has 164 valence electrons. The number of carbonyl (C=O) groups excluding carboxylic acids is 1. The summed E-state index contributed by atoms with van der Waals surface area (Å²) in [6.07, 6.45) is -2.40. The lowest BCUT2D eigenvalue weighted by Gasteiger charge is -2.32. The van der Waals surface area contributed by atoms with Crippen molar-refractivity contribution in [3.63, 3.8) is 0 Å². The summed E-state index contributed by atoms with van der Waals surface area (Å²) in [5.74, 6) is 0.342. The van der Waals surface area contributed by atoms with Crippen molar-refractivity contribution < 1.29 is 22.4 Å². The normalized spacial score (nSPS) is 19.4. The van der Waals surface area contributed by atoms with Crippen LogP contribution >= 0.6 is 0 Å². The van der Waals surface area contributed by atoms with Crippen LogP contribution in [0.15, 0.2) is 53.1 Å². The maximum absolute atomic E-state index is 13.7. The highest BCUT2D eigenvalue weighted by Gasteiger charge is 2.47. The molecule has 1 amide bonds. The minimum atomic E-state index is -4.52. The van der Waals surface area contributed by atoms with Gasteiger partial charge in [-0.3, -0.25) is 4.79 Å². The quantitative estimate of drug-likeness (QED) is 0.526. The monoisotopic (exact) mass is 432 g/mol. The number of hydrogen-bond acceptors (Lipinski definition) is 4. The molecular formula is C22H23F3N4O2. The summed E-state index contributed by atoms with van der Waals surface area (Å²) in [5, 5.41) is 9.66. The van der Waals surface area contributed by atoms with E-state index in [1.54, 1.807) is 24.3 Å². The summed E-state index contributed by atoms with van der Waals surface area (Å²) in [5.41, 5.74) is 1.61. The Morgan fingerprint density at radius 1 is 1.32 bits per heavy atom. The molecule has 1 aliphatic heterocycles. The molecule has 1 aliphatic rings. The Bertz CT molecular complexity index is 1040. The number of rotatable bonds is 5. The summed E-state index contributed by atoms with van der Waals surface area (Å²) in [6, 6.07) is 9.44. The van der Waals surface area contributed by atoms with Crippen LogP contribution in [0.1, 0.15) is 66.5 Å². The van der Waals surface area contributed by atoms with Gasteiger partial charge in [0.25, 0.3) is 5.91 Å². The van der Waals surface area contributed by atoms with Gasteiger partial charge in [0.15, 0.2) is 11.7 Å². The first-order chi connectivity index (χ1) is 14.8. The molecule has 2 N–H and O–H groups in total. The van der Waals surface area contributed by atoms with E-state index < -0.39 is 24.2 Å². The number of hydrogen-bond donors (Lipinski definition) is 2. The second-order valence-electron chi connectivity index (χ2n) is 7.75. The van der Waals surface area contributed by atoms with Gasteiger partial charge >= 0.3 is 6.18 Å². The molecule has 3 aromatic rings.